The third-order valence-corrected chi connectivity index (χ3v) is 2.93. The number of thioether (sulfide) groups is 1. The fraction of sp³-hybridized carbons (Fsp3) is 0.857. The summed E-state index contributed by atoms with van der Waals surface area (Å²) in [7, 11) is 0. The second-order valence-corrected chi connectivity index (χ2v) is 7.10. The van der Waals surface area contributed by atoms with Crippen molar-refractivity contribution in [2.75, 3.05) is 18.6 Å². The van der Waals surface area contributed by atoms with E-state index in [1.54, 1.807) is 32.5 Å². The zero-order valence-corrected chi connectivity index (χ0v) is 14.2. The summed E-state index contributed by atoms with van der Waals surface area (Å²) in [6, 6.07) is -0.549. The van der Waals surface area contributed by atoms with Crippen LogP contribution in [0, 0.1) is 5.92 Å². The fourth-order valence-corrected chi connectivity index (χ4v) is 1.86. The molecule has 0 aromatic heterocycles. The minimum absolute atomic E-state index is 0.154. The quantitative estimate of drug-likeness (QED) is 0.709. The van der Waals surface area contributed by atoms with Crippen LogP contribution in [0.15, 0.2) is 0 Å². The van der Waals surface area contributed by atoms with Crippen molar-refractivity contribution >= 4 is 23.8 Å². The topological polar surface area (TPSA) is 67.4 Å². The lowest BCUT2D eigenvalue weighted by Gasteiger charge is -2.24. The third-order valence-electron chi connectivity index (χ3n) is 2.32. The van der Waals surface area contributed by atoms with E-state index in [0.29, 0.717) is 18.9 Å². The normalized spacial score (nSPS) is 12.9. The highest BCUT2D eigenvalue weighted by Crippen LogP contribution is 2.09. The van der Waals surface area contributed by atoms with E-state index < -0.39 is 17.7 Å². The highest BCUT2D eigenvalue weighted by molar-refractivity contribution is 7.98. The van der Waals surface area contributed by atoms with Crippen LogP contribution in [0.1, 0.15) is 41.0 Å². The van der Waals surface area contributed by atoms with Crippen LogP contribution in [0.4, 0.5) is 4.79 Å². The van der Waals surface area contributed by atoms with Crippen LogP contribution in [0.5, 0.6) is 0 Å². The number of nitrogens with one attached hydrogen (secondary N) is 2. The van der Waals surface area contributed by atoms with Crippen molar-refractivity contribution in [3.8, 4) is 0 Å². The lowest BCUT2D eigenvalue weighted by molar-refractivity contribution is -0.123. The lowest BCUT2D eigenvalue weighted by atomic mass is 10.0. The molecule has 2 amide bonds. The van der Waals surface area contributed by atoms with Crippen molar-refractivity contribution < 1.29 is 14.3 Å². The maximum atomic E-state index is 12.1. The summed E-state index contributed by atoms with van der Waals surface area (Å²) in [6.45, 7) is 10.0. The molecular weight excluding hydrogens is 276 g/mol. The van der Waals surface area contributed by atoms with E-state index in [0.717, 1.165) is 5.75 Å². The standard InChI is InChI=1S/C14H28N2O3S/c1-10(2)9-11(12(17)15-7-8-20-6)16-13(18)19-14(3,4)5/h10-11H,7-9H2,1-6H3,(H,15,17)(H,16,18). The van der Waals surface area contributed by atoms with E-state index >= 15 is 0 Å². The van der Waals surface area contributed by atoms with Crippen LogP contribution in [-0.2, 0) is 9.53 Å². The molecule has 1 atom stereocenters. The number of rotatable bonds is 7. The molecule has 0 heterocycles. The Morgan fingerprint density at radius 1 is 1.25 bits per heavy atom. The molecule has 1 unspecified atom stereocenters. The molecule has 0 aliphatic carbocycles. The Kier molecular flexibility index (Phi) is 8.69. The summed E-state index contributed by atoms with van der Waals surface area (Å²) < 4.78 is 5.19. The Labute approximate surface area is 126 Å². The first-order valence-corrected chi connectivity index (χ1v) is 8.31. The van der Waals surface area contributed by atoms with Gasteiger partial charge in [0.05, 0.1) is 0 Å². The molecular formula is C14H28N2O3S. The van der Waals surface area contributed by atoms with Gasteiger partial charge in [-0.15, -0.1) is 0 Å². The second kappa shape index (κ2) is 9.10. The molecule has 0 aromatic carbocycles. The van der Waals surface area contributed by atoms with Crippen molar-refractivity contribution in [1.29, 1.82) is 0 Å². The number of carbonyl (C=O) groups excluding carboxylic acids is 2. The lowest BCUT2D eigenvalue weighted by Crippen LogP contribution is -2.49. The van der Waals surface area contributed by atoms with Gasteiger partial charge >= 0.3 is 6.09 Å². The van der Waals surface area contributed by atoms with Crippen LogP contribution in [-0.4, -0.2) is 42.2 Å². The van der Waals surface area contributed by atoms with E-state index in [9.17, 15) is 9.59 Å². The van der Waals surface area contributed by atoms with E-state index in [1.165, 1.54) is 0 Å². The zero-order chi connectivity index (χ0) is 15.8. The van der Waals surface area contributed by atoms with Gasteiger partial charge in [0.2, 0.25) is 5.91 Å². The molecule has 2 N–H and O–H groups in total. The van der Waals surface area contributed by atoms with Gasteiger partial charge in [0.15, 0.2) is 0 Å². The number of hydrogen-bond acceptors (Lipinski definition) is 4. The van der Waals surface area contributed by atoms with Crippen molar-refractivity contribution in [1.82, 2.24) is 10.6 Å². The number of amides is 2. The second-order valence-electron chi connectivity index (χ2n) is 6.11. The molecule has 0 aromatic rings. The SMILES string of the molecule is CSCCNC(=O)C(CC(C)C)NC(=O)OC(C)(C)C. The maximum Gasteiger partial charge on any atom is 0.408 e. The molecule has 0 rings (SSSR count). The van der Waals surface area contributed by atoms with Gasteiger partial charge in [-0.25, -0.2) is 4.79 Å². The zero-order valence-electron chi connectivity index (χ0n) is 13.4. The molecule has 0 spiro atoms. The van der Waals surface area contributed by atoms with Gasteiger partial charge in [0.25, 0.3) is 0 Å². The molecule has 0 saturated heterocycles. The molecule has 0 saturated carbocycles. The molecule has 118 valence electrons. The first kappa shape index (κ1) is 19.1. The molecule has 20 heavy (non-hydrogen) atoms. The van der Waals surface area contributed by atoms with E-state index in [1.807, 2.05) is 20.1 Å². The van der Waals surface area contributed by atoms with Crippen molar-refractivity contribution in [2.45, 2.75) is 52.7 Å². The molecule has 0 fully saturated rings. The van der Waals surface area contributed by atoms with E-state index in [-0.39, 0.29) is 5.91 Å². The van der Waals surface area contributed by atoms with Crippen LogP contribution in [0.3, 0.4) is 0 Å². The Bertz CT molecular complexity index is 314. The number of carbonyl (C=O) groups is 2. The summed E-state index contributed by atoms with van der Waals surface area (Å²) >= 11 is 1.66. The van der Waals surface area contributed by atoms with Gasteiger partial charge in [-0.05, 0) is 39.4 Å². The molecule has 0 aliphatic heterocycles. The highest BCUT2D eigenvalue weighted by atomic mass is 32.2. The van der Waals surface area contributed by atoms with Crippen molar-refractivity contribution in [2.24, 2.45) is 5.92 Å². The van der Waals surface area contributed by atoms with E-state index in [2.05, 4.69) is 10.6 Å². The van der Waals surface area contributed by atoms with Crippen LogP contribution >= 0.6 is 11.8 Å². The minimum Gasteiger partial charge on any atom is -0.444 e. The molecule has 0 bridgehead atoms. The average molecular weight is 304 g/mol. The summed E-state index contributed by atoms with van der Waals surface area (Å²) in [5, 5.41) is 5.48. The van der Waals surface area contributed by atoms with Gasteiger partial charge in [0.1, 0.15) is 11.6 Å². The number of alkyl carbamates (subject to hydrolysis) is 1. The maximum absolute atomic E-state index is 12.1. The summed E-state index contributed by atoms with van der Waals surface area (Å²) in [5.74, 6) is 1.01. The molecule has 0 radical (unpaired) electrons. The predicted molar refractivity (Wildman–Crippen MR) is 84.0 cm³/mol. The minimum atomic E-state index is -0.568. The van der Waals surface area contributed by atoms with Gasteiger partial charge in [-0.2, -0.15) is 11.8 Å². The predicted octanol–water partition coefficient (Wildman–Crippen LogP) is 2.41. The highest BCUT2D eigenvalue weighted by Gasteiger charge is 2.24. The summed E-state index contributed by atoms with van der Waals surface area (Å²) in [6.07, 6.45) is 2.02. The largest absolute Gasteiger partial charge is 0.444 e. The molecule has 0 aliphatic rings. The molecule has 5 nitrogen and oxygen atoms in total. The van der Waals surface area contributed by atoms with E-state index in [4.69, 9.17) is 4.74 Å². The number of hydrogen-bond donors (Lipinski definition) is 2. The first-order valence-electron chi connectivity index (χ1n) is 6.92. The van der Waals surface area contributed by atoms with Gasteiger partial charge in [0, 0.05) is 12.3 Å². The van der Waals surface area contributed by atoms with Crippen molar-refractivity contribution in [3.05, 3.63) is 0 Å². The average Bonchev–Trinajstić information content (AvgIpc) is 2.25. The first-order chi connectivity index (χ1) is 9.15. The fourth-order valence-electron chi connectivity index (χ4n) is 1.55. The Hall–Kier alpha value is -0.910. The van der Waals surface area contributed by atoms with Crippen LogP contribution < -0.4 is 10.6 Å². The van der Waals surface area contributed by atoms with Gasteiger partial charge < -0.3 is 15.4 Å². The summed E-state index contributed by atoms with van der Waals surface area (Å²) in [4.78, 5) is 23.8. The smallest absolute Gasteiger partial charge is 0.408 e. The Balaban J connectivity index is 4.47. The van der Waals surface area contributed by atoms with Crippen LogP contribution in [0.2, 0.25) is 0 Å². The van der Waals surface area contributed by atoms with Gasteiger partial charge in [-0.1, -0.05) is 13.8 Å². The third kappa shape index (κ3) is 9.95. The molecule has 6 heteroatoms. The Morgan fingerprint density at radius 2 is 1.85 bits per heavy atom. The summed E-state index contributed by atoms with van der Waals surface area (Å²) in [5.41, 5.74) is -0.568. The van der Waals surface area contributed by atoms with Crippen molar-refractivity contribution in [3.63, 3.8) is 0 Å². The number of ether oxygens (including phenoxy) is 1. The van der Waals surface area contributed by atoms with Crippen LogP contribution in [0.25, 0.3) is 0 Å². The monoisotopic (exact) mass is 304 g/mol. The Morgan fingerprint density at radius 3 is 2.30 bits per heavy atom. The van der Waals surface area contributed by atoms with Gasteiger partial charge in [-0.3, -0.25) is 4.79 Å².